The summed E-state index contributed by atoms with van der Waals surface area (Å²) < 4.78 is 0. The van der Waals surface area contributed by atoms with Crippen molar-refractivity contribution in [2.75, 3.05) is 5.32 Å². The fraction of sp³-hybridized carbons (Fsp3) is 0.167. The number of pyridine rings is 1. The zero-order valence-electron chi connectivity index (χ0n) is 12.2. The fourth-order valence-electron chi connectivity index (χ4n) is 2.49. The first-order valence-corrected chi connectivity index (χ1v) is 7.37. The monoisotopic (exact) mass is 296 g/mol. The number of hydrogen-bond donors (Lipinski definition) is 1. The van der Waals surface area contributed by atoms with Crippen LogP contribution >= 0.6 is 11.6 Å². The minimum absolute atomic E-state index is 0.683. The van der Waals surface area contributed by atoms with Crippen molar-refractivity contribution in [3.8, 4) is 0 Å². The number of hydrogen-bond acceptors (Lipinski definition) is 2. The fourth-order valence-corrected chi connectivity index (χ4v) is 2.70. The Kier molecular flexibility index (Phi) is 3.80. The quantitative estimate of drug-likeness (QED) is 0.726. The SMILES string of the molecule is Cc1cccc(CNc2ccc(Cl)c3ncccc23)c1C. The maximum absolute atomic E-state index is 6.20. The van der Waals surface area contributed by atoms with Crippen molar-refractivity contribution in [1.82, 2.24) is 4.98 Å². The highest BCUT2D eigenvalue weighted by Crippen LogP contribution is 2.28. The first-order chi connectivity index (χ1) is 10.2. The zero-order chi connectivity index (χ0) is 14.8. The first kappa shape index (κ1) is 13.9. The van der Waals surface area contributed by atoms with Crippen molar-refractivity contribution in [3.63, 3.8) is 0 Å². The molecule has 0 unspecified atom stereocenters. The molecule has 1 aromatic heterocycles. The third-order valence-corrected chi connectivity index (χ3v) is 4.21. The molecule has 0 aliphatic rings. The van der Waals surface area contributed by atoms with Crippen molar-refractivity contribution in [2.45, 2.75) is 20.4 Å². The van der Waals surface area contributed by atoms with E-state index in [-0.39, 0.29) is 0 Å². The van der Waals surface area contributed by atoms with Crippen molar-refractivity contribution in [2.24, 2.45) is 0 Å². The molecule has 3 heteroatoms. The van der Waals surface area contributed by atoms with Crippen molar-refractivity contribution in [3.05, 3.63) is 70.4 Å². The van der Waals surface area contributed by atoms with Crippen molar-refractivity contribution < 1.29 is 0 Å². The van der Waals surface area contributed by atoms with Gasteiger partial charge < -0.3 is 5.32 Å². The molecule has 2 nitrogen and oxygen atoms in total. The summed E-state index contributed by atoms with van der Waals surface area (Å²) in [5.41, 5.74) is 5.86. The van der Waals surface area contributed by atoms with E-state index >= 15 is 0 Å². The lowest BCUT2D eigenvalue weighted by atomic mass is 10.0. The molecule has 3 rings (SSSR count). The Balaban J connectivity index is 1.92. The van der Waals surface area contributed by atoms with E-state index in [2.05, 4.69) is 42.3 Å². The molecule has 0 saturated heterocycles. The predicted molar refractivity (Wildman–Crippen MR) is 90.0 cm³/mol. The van der Waals surface area contributed by atoms with Crippen LogP contribution in [0.25, 0.3) is 10.9 Å². The number of nitrogens with one attached hydrogen (secondary N) is 1. The number of rotatable bonds is 3. The van der Waals surface area contributed by atoms with Gasteiger partial charge in [0.05, 0.1) is 10.5 Å². The molecule has 0 aliphatic carbocycles. The second-order valence-corrected chi connectivity index (χ2v) is 5.61. The summed E-state index contributed by atoms with van der Waals surface area (Å²) in [5.74, 6) is 0. The van der Waals surface area contributed by atoms with Crippen LogP contribution in [0.1, 0.15) is 16.7 Å². The van der Waals surface area contributed by atoms with Gasteiger partial charge in [0.1, 0.15) is 0 Å². The van der Waals surface area contributed by atoms with Gasteiger partial charge >= 0.3 is 0 Å². The second-order valence-electron chi connectivity index (χ2n) is 5.21. The molecule has 0 amide bonds. The van der Waals surface area contributed by atoms with E-state index in [1.165, 1.54) is 16.7 Å². The van der Waals surface area contributed by atoms with Crippen LogP contribution in [0.4, 0.5) is 5.69 Å². The highest BCUT2D eigenvalue weighted by atomic mass is 35.5. The van der Waals surface area contributed by atoms with E-state index in [0.717, 1.165) is 23.1 Å². The Morgan fingerprint density at radius 1 is 1.05 bits per heavy atom. The van der Waals surface area contributed by atoms with Gasteiger partial charge in [0.25, 0.3) is 0 Å². The van der Waals surface area contributed by atoms with Crippen LogP contribution in [-0.2, 0) is 6.54 Å². The number of benzene rings is 2. The van der Waals surface area contributed by atoms with E-state index in [1.807, 2.05) is 24.3 Å². The molecular weight excluding hydrogens is 280 g/mol. The summed E-state index contributed by atoms with van der Waals surface area (Å²) in [6, 6.07) is 14.3. The highest BCUT2D eigenvalue weighted by Gasteiger charge is 2.06. The van der Waals surface area contributed by atoms with Crippen molar-refractivity contribution in [1.29, 1.82) is 0 Å². The van der Waals surface area contributed by atoms with Crippen LogP contribution in [0.5, 0.6) is 0 Å². The topological polar surface area (TPSA) is 24.9 Å². The maximum Gasteiger partial charge on any atom is 0.0908 e. The largest absolute Gasteiger partial charge is 0.380 e. The molecule has 1 heterocycles. The molecule has 0 fully saturated rings. The van der Waals surface area contributed by atoms with Gasteiger partial charge in [-0.3, -0.25) is 4.98 Å². The Morgan fingerprint density at radius 3 is 2.76 bits per heavy atom. The normalized spacial score (nSPS) is 10.8. The Bertz CT molecular complexity index is 796. The van der Waals surface area contributed by atoms with E-state index < -0.39 is 0 Å². The number of aryl methyl sites for hydroxylation is 1. The third kappa shape index (κ3) is 2.72. The molecule has 21 heavy (non-hydrogen) atoms. The maximum atomic E-state index is 6.20. The second kappa shape index (κ2) is 5.74. The number of aromatic nitrogens is 1. The van der Waals surface area contributed by atoms with Gasteiger partial charge in [-0.15, -0.1) is 0 Å². The first-order valence-electron chi connectivity index (χ1n) is 6.99. The standard InChI is InChI=1S/C18H17ClN2/c1-12-5-3-6-14(13(12)2)11-21-17-9-8-16(19)18-15(17)7-4-10-20-18/h3-10,21H,11H2,1-2H3. The van der Waals surface area contributed by atoms with E-state index in [1.54, 1.807) is 6.20 Å². The smallest absolute Gasteiger partial charge is 0.0908 e. The number of halogens is 1. The van der Waals surface area contributed by atoms with Crippen LogP contribution < -0.4 is 5.32 Å². The molecule has 0 radical (unpaired) electrons. The summed E-state index contributed by atoms with van der Waals surface area (Å²) in [4.78, 5) is 4.36. The van der Waals surface area contributed by atoms with E-state index in [0.29, 0.717) is 5.02 Å². The van der Waals surface area contributed by atoms with Crippen molar-refractivity contribution >= 4 is 28.2 Å². The minimum Gasteiger partial charge on any atom is -0.380 e. The van der Waals surface area contributed by atoms with Gasteiger partial charge in [-0.1, -0.05) is 29.8 Å². The molecule has 3 aromatic rings. The Labute approximate surface area is 129 Å². The summed E-state index contributed by atoms with van der Waals surface area (Å²) >= 11 is 6.20. The third-order valence-electron chi connectivity index (χ3n) is 3.91. The number of nitrogens with zero attached hydrogens (tertiary/aromatic N) is 1. The molecule has 106 valence electrons. The van der Waals surface area contributed by atoms with Crippen LogP contribution in [0.3, 0.4) is 0 Å². The molecule has 0 bridgehead atoms. The predicted octanol–water partition coefficient (Wildman–Crippen LogP) is 5.12. The van der Waals surface area contributed by atoms with Crippen LogP contribution in [0.15, 0.2) is 48.7 Å². The molecule has 0 aliphatic heterocycles. The molecule has 0 saturated carbocycles. The Morgan fingerprint density at radius 2 is 1.90 bits per heavy atom. The summed E-state index contributed by atoms with van der Waals surface area (Å²) in [6.07, 6.45) is 1.77. The molecule has 1 N–H and O–H groups in total. The number of fused-ring (bicyclic) bond motifs is 1. The minimum atomic E-state index is 0.683. The van der Waals surface area contributed by atoms with Gasteiger partial charge in [-0.25, -0.2) is 0 Å². The molecule has 2 aromatic carbocycles. The lowest BCUT2D eigenvalue weighted by Gasteiger charge is -2.13. The average molecular weight is 297 g/mol. The van der Waals surface area contributed by atoms with Gasteiger partial charge in [-0.2, -0.15) is 0 Å². The molecule has 0 atom stereocenters. The van der Waals surface area contributed by atoms with Gasteiger partial charge in [0.2, 0.25) is 0 Å². The lowest BCUT2D eigenvalue weighted by Crippen LogP contribution is -2.03. The molecular formula is C18H17ClN2. The van der Waals surface area contributed by atoms with Gasteiger partial charge in [0.15, 0.2) is 0 Å². The number of anilines is 1. The van der Waals surface area contributed by atoms with E-state index in [9.17, 15) is 0 Å². The highest BCUT2D eigenvalue weighted by molar-refractivity contribution is 6.35. The van der Waals surface area contributed by atoms with Gasteiger partial charge in [-0.05, 0) is 54.8 Å². The summed E-state index contributed by atoms with van der Waals surface area (Å²) in [7, 11) is 0. The van der Waals surface area contributed by atoms with E-state index in [4.69, 9.17) is 11.6 Å². The van der Waals surface area contributed by atoms with Crippen LogP contribution in [-0.4, -0.2) is 4.98 Å². The Hall–Kier alpha value is -2.06. The average Bonchev–Trinajstić information content (AvgIpc) is 2.51. The zero-order valence-corrected chi connectivity index (χ0v) is 12.9. The summed E-state index contributed by atoms with van der Waals surface area (Å²) in [5, 5.41) is 5.24. The van der Waals surface area contributed by atoms with Gasteiger partial charge in [0, 0.05) is 23.8 Å². The van der Waals surface area contributed by atoms with Crippen LogP contribution in [0, 0.1) is 13.8 Å². The lowest BCUT2D eigenvalue weighted by molar-refractivity contribution is 1.11. The van der Waals surface area contributed by atoms with Crippen LogP contribution in [0.2, 0.25) is 5.02 Å². The summed E-state index contributed by atoms with van der Waals surface area (Å²) in [6.45, 7) is 5.09. The molecule has 0 spiro atoms.